The minimum Gasteiger partial charge on any atom is -0.461 e. The number of benzene rings is 1. The van der Waals surface area contributed by atoms with Crippen LogP contribution in [0, 0.1) is 5.41 Å². The van der Waals surface area contributed by atoms with Crippen LogP contribution in [-0.2, 0) is 6.42 Å². The lowest BCUT2D eigenvalue weighted by Crippen LogP contribution is -2.29. The van der Waals surface area contributed by atoms with E-state index in [1.54, 1.807) is 0 Å². The maximum Gasteiger partial charge on any atom is 0.134 e. The molecule has 102 valence electrons. The molecule has 2 heteroatoms. The van der Waals surface area contributed by atoms with Gasteiger partial charge in [-0.05, 0) is 24.3 Å². The molecule has 1 atom stereocenters. The Kier molecular flexibility index (Phi) is 3.14. The minimum absolute atomic E-state index is 0.0913. The van der Waals surface area contributed by atoms with Gasteiger partial charge in [-0.3, -0.25) is 0 Å². The molecule has 1 aliphatic carbocycles. The molecule has 2 N–H and O–H groups in total. The Morgan fingerprint density at radius 1 is 1.26 bits per heavy atom. The van der Waals surface area contributed by atoms with Crippen molar-refractivity contribution in [3.05, 3.63) is 35.6 Å². The van der Waals surface area contributed by atoms with Crippen molar-refractivity contribution in [1.82, 2.24) is 0 Å². The normalized spacial score (nSPS) is 19.9. The van der Waals surface area contributed by atoms with Crippen molar-refractivity contribution >= 4 is 11.0 Å². The van der Waals surface area contributed by atoms with Crippen LogP contribution in [0.15, 0.2) is 28.7 Å². The molecule has 0 amide bonds. The smallest absolute Gasteiger partial charge is 0.134 e. The number of aryl methyl sites for hydroxylation is 1. The van der Waals surface area contributed by atoms with Gasteiger partial charge in [0.15, 0.2) is 0 Å². The highest BCUT2D eigenvalue weighted by molar-refractivity contribution is 5.83. The monoisotopic (exact) mass is 257 g/mol. The Bertz CT molecular complexity index is 578. The maximum absolute atomic E-state index is 6.66. The van der Waals surface area contributed by atoms with Crippen LogP contribution in [0.1, 0.15) is 56.9 Å². The molecule has 1 saturated carbocycles. The third-order valence-electron chi connectivity index (χ3n) is 4.84. The van der Waals surface area contributed by atoms with E-state index in [0.29, 0.717) is 0 Å². The van der Waals surface area contributed by atoms with Gasteiger partial charge in [0.25, 0.3) is 0 Å². The number of para-hydroxylation sites is 1. The van der Waals surface area contributed by atoms with E-state index in [0.717, 1.165) is 17.8 Å². The van der Waals surface area contributed by atoms with Gasteiger partial charge in [0, 0.05) is 23.4 Å². The highest BCUT2D eigenvalue weighted by Crippen LogP contribution is 2.48. The molecule has 1 aromatic carbocycles. The molecule has 0 radical (unpaired) electrons. The van der Waals surface area contributed by atoms with E-state index in [9.17, 15) is 0 Å². The second kappa shape index (κ2) is 4.68. The van der Waals surface area contributed by atoms with Crippen LogP contribution in [0.4, 0.5) is 0 Å². The summed E-state index contributed by atoms with van der Waals surface area (Å²) in [6, 6.07) is 8.38. The third-order valence-corrected chi connectivity index (χ3v) is 4.84. The predicted molar refractivity (Wildman–Crippen MR) is 79.1 cm³/mol. The SMILES string of the molecule is CCc1oc2ccccc2c1C(N)C1(C)CCCC1. The van der Waals surface area contributed by atoms with Gasteiger partial charge in [-0.15, -0.1) is 0 Å². The second-order valence-electron chi connectivity index (χ2n) is 6.13. The Morgan fingerprint density at radius 3 is 2.63 bits per heavy atom. The van der Waals surface area contributed by atoms with Gasteiger partial charge in [-0.2, -0.15) is 0 Å². The topological polar surface area (TPSA) is 39.2 Å². The number of nitrogens with two attached hydrogens (primary N) is 1. The molecule has 1 unspecified atom stereocenters. The fourth-order valence-electron chi connectivity index (χ4n) is 3.56. The van der Waals surface area contributed by atoms with Gasteiger partial charge in [-0.25, -0.2) is 0 Å². The summed E-state index contributed by atoms with van der Waals surface area (Å²) in [6.45, 7) is 4.48. The lowest BCUT2D eigenvalue weighted by atomic mass is 9.77. The Labute approximate surface area is 115 Å². The Morgan fingerprint density at radius 2 is 1.95 bits per heavy atom. The molecule has 1 fully saturated rings. The van der Waals surface area contributed by atoms with Crippen molar-refractivity contribution < 1.29 is 4.42 Å². The van der Waals surface area contributed by atoms with Crippen molar-refractivity contribution in [2.75, 3.05) is 0 Å². The molecule has 0 spiro atoms. The van der Waals surface area contributed by atoms with Crippen molar-refractivity contribution in [3.63, 3.8) is 0 Å². The summed E-state index contributed by atoms with van der Waals surface area (Å²) < 4.78 is 5.99. The summed E-state index contributed by atoms with van der Waals surface area (Å²) in [4.78, 5) is 0. The first-order chi connectivity index (χ1) is 9.15. The number of rotatable bonds is 3. The first-order valence-corrected chi connectivity index (χ1v) is 7.41. The van der Waals surface area contributed by atoms with Crippen LogP contribution < -0.4 is 5.73 Å². The lowest BCUT2D eigenvalue weighted by molar-refractivity contribution is 0.263. The largest absolute Gasteiger partial charge is 0.461 e. The number of fused-ring (bicyclic) bond motifs is 1. The Balaban J connectivity index is 2.12. The quantitative estimate of drug-likeness (QED) is 0.874. The molecular weight excluding hydrogens is 234 g/mol. The van der Waals surface area contributed by atoms with E-state index in [1.165, 1.54) is 36.6 Å². The summed E-state index contributed by atoms with van der Waals surface area (Å²) in [5.41, 5.74) is 9.12. The fourth-order valence-corrected chi connectivity index (χ4v) is 3.56. The lowest BCUT2D eigenvalue weighted by Gasteiger charge is -2.31. The molecule has 0 saturated heterocycles. The minimum atomic E-state index is 0.0913. The summed E-state index contributed by atoms with van der Waals surface area (Å²) in [6.07, 6.45) is 5.99. The predicted octanol–water partition coefficient (Wildman–Crippen LogP) is 4.58. The second-order valence-corrected chi connectivity index (χ2v) is 6.13. The van der Waals surface area contributed by atoms with Crippen molar-refractivity contribution in [2.45, 2.75) is 52.0 Å². The van der Waals surface area contributed by atoms with Gasteiger partial charge in [0.05, 0.1) is 0 Å². The first kappa shape index (κ1) is 12.7. The molecule has 1 heterocycles. The fraction of sp³-hybridized carbons (Fsp3) is 0.529. The van der Waals surface area contributed by atoms with Gasteiger partial charge in [0.1, 0.15) is 11.3 Å². The molecule has 0 aliphatic heterocycles. The third kappa shape index (κ3) is 1.99. The number of furan rings is 1. The zero-order chi connectivity index (χ0) is 13.5. The standard InChI is InChI=1S/C17H23NO/c1-3-13-15(12-8-4-5-9-14(12)19-13)16(18)17(2)10-6-7-11-17/h4-5,8-9,16H,3,6-7,10-11,18H2,1-2H3. The number of hydrogen-bond acceptors (Lipinski definition) is 2. The van der Waals surface area contributed by atoms with Gasteiger partial charge < -0.3 is 10.2 Å². The molecule has 1 aromatic heterocycles. The van der Waals surface area contributed by atoms with E-state index >= 15 is 0 Å². The molecule has 2 nitrogen and oxygen atoms in total. The van der Waals surface area contributed by atoms with E-state index < -0.39 is 0 Å². The zero-order valence-electron chi connectivity index (χ0n) is 11.9. The molecular formula is C17H23NO. The van der Waals surface area contributed by atoms with Crippen molar-refractivity contribution in [1.29, 1.82) is 0 Å². The first-order valence-electron chi connectivity index (χ1n) is 7.41. The van der Waals surface area contributed by atoms with Crippen LogP contribution in [0.3, 0.4) is 0 Å². The van der Waals surface area contributed by atoms with Crippen LogP contribution in [0.2, 0.25) is 0 Å². The molecule has 19 heavy (non-hydrogen) atoms. The Hall–Kier alpha value is -1.28. The van der Waals surface area contributed by atoms with E-state index in [1.807, 2.05) is 12.1 Å². The average molecular weight is 257 g/mol. The highest BCUT2D eigenvalue weighted by Gasteiger charge is 2.38. The molecule has 2 aromatic rings. The van der Waals surface area contributed by atoms with E-state index in [4.69, 9.17) is 10.2 Å². The number of hydrogen-bond donors (Lipinski definition) is 1. The maximum atomic E-state index is 6.66. The average Bonchev–Trinajstić information content (AvgIpc) is 3.02. The van der Waals surface area contributed by atoms with E-state index in [2.05, 4.69) is 26.0 Å². The zero-order valence-corrected chi connectivity index (χ0v) is 11.9. The van der Waals surface area contributed by atoms with Crippen molar-refractivity contribution in [3.8, 4) is 0 Å². The molecule has 1 aliphatic rings. The van der Waals surface area contributed by atoms with Crippen LogP contribution in [0.25, 0.3) is 11.0 Å². The van der Waals surface area contributed by atoms with Crippen LogP contribution in [0.5, 0.6) is 0 Å². The summed E-state index contributed by atoms with van der Waals surface area (Å²) in [5.74, 6) is 1.07. The van der Waals surface area contributed by atoms with Crippen LogP contribution >= 0.6 is 0 Å². The summed E-state index contributed by atoms with van der Waals surface area (Å²) in [7, 11) is 0. The van der Waals surface area contributed by atoms with Crippen molar-refractivity contribution in [2.24, 2.45) is 11.1 Å². The van der Waals surface area contributed by atoms with E-state index in [-0.39, 0.29) is 11.5 Å². The van der Waals surface area contributed by atoms with Gasteiger partial charge >= 0.3 is 0 Å². The van der Waals surface area contributed by atoms with Gasteiger partial charge in [-0.1, -0.05) is 44.9 Å². The highest BCUT2D eigenvalue weighted by atomic mass is 16.3. The summed E-state index contributed by atoms with van der Waals surface area (Å²) >= 11 is 0. The summed E-state index contributed by atoms with van der Waals surface area (Å²) in [5, 5.41) is 1.21. The molecule has 3 rings (SSSR count). The van der Waals surface area contributed by atoms with Crippen LogP contribution in [-0.4, -0.2) is 0 Å². The van der Waals surface area contributed by atoms with Gasteiger partial charge in [0.2, 0.25) is 0 Å². The molecule has 0 bridgehead atoms.